The van der Waals surface area contributed by atoms with Gasteiger partial charge in [0.1, 0.15) is 5.82 Å². The number of hydrogen-bond donors (Lipinski definition) is 1. The Labute approximate surface area is 122 Å². The zero-order valence-electron chi connectivity index (χ0n) is 10.9. The van der Waals surface area contributed by atoms with Crippen LogP contribution in [-0.4, -0.2) is 8.42 Å². The highest BCUT2D eigenvalue weighted by Crippen LogP contribution is 2.24. The highest BCUT2D eigenvalue weighted by molar-refractivity contribution is 7.92. The highest BCUT2D eigenvalue weighted by Gasteiger charge is 2.18. The average Bonchev–Trinajstić information content (AvgIpc) is 2.32. The summed E-state index contributed by atoms with van der Waals surface area (Å²) >= 11 is 5.63. The van der Waals surface area contributed by atoms with Crippen molar-refractivity contribution in [1.82, 2.24) is 0 Å². The highest BCUT2D eigenvalue weighted by atomic mass is 35.5. The number of anilines is 1. The van der Waals surface area contributed by atoms with Gasteiger partial charge in [-0.15, -0.1) is 0 Å². The largest absolute Gasteiger partial charge is 0.277 e. The van der Waals surface area contributed by atoms with E-state index in [0.29, 0.717) is 5.56 Å². The molecule has 0 aliphatic carbocycles. The summed E-state index contributed by atoms with van der Waals surface area (Å²) in [5.74, 6) is -0.717. The standard InChI is InChI=1S/C14H13ClFNO2S/c1-9-3-6-14(10(2)7-9)20(18,19)17-13-5-4-11(15)8-12(13)16/h3-8,17H,1-2H3. The Kier molecular flexibility index (Phi) is 4.01. The molecule has 0 amide bonds. The van der Waals surface area contributed by atoms with Crippen LogP contribution in [0.25, 0.3) is 0 Å². The molecule has 106 valence electrons. The first kappa shape index (κ1) is 14.8. The summed E-state index contributed by atoms with van der Waals surface area (Å²) in [6.07, 6.45) is 0. The van der Waals surface area contributed by atoms with Crippen molar-refractivity contribution < 1.29 is 12.8 Å². The smallest absolute Gasteiger partial charge is 0.262 e. The number of aryl methyl sites for hydroxylation is 2. The molecule has 0 aromatic heterocycles. The molecule has 0 saturated carbocycles. The molecule has 2 aromatic rings. The molecule has 0 radical (unpaired) electrons. The predicted octanol–water partition coefficient (Wildman–Crippen LogP) is 3.90. The molecule has 20 heavy (non-hydrogen) atoms. The van der Waals surface area contributed by atoms with Gasteiger partial charge in [0.25, 0.3) is 10.0 Å². The summed E-state index contributed by atoms with van der Waals surface area (Å²) in [4.78, 5) is 0.123. The van der Waals surface area contributed by atoms with Crippen molar-refractivity contribution >= 4 is 27.3 Å². The van der Waals surface area contributed by atoms with Crippen LogP contribution in [0.3, 0.4) is 0 Å². The lowest BCUT2D eigenvalue weighted by Crippen LogP contribution is -2.15. The number of hydrogen-bond acceptors (Lipinski definition) is 2. The second kappa shape index (κ2) is 5.42. The van der Waals surface area contributed by atoms with Crippen molar-refractivity contribution in [1.29, 1.82) is 0 Å². The summed E-state index contributed by atoms with van der Waals surface area (Å²) in [6, 6.07) is 8.72. The first-order valence-electron chi connectivity index (χ1n) is 5.85. The minimum Gasteiger partial charge on any atom is -0.277 e. The first-order chi connectivity index (χ1) is 9.29. The zero-order valence-corrected chi connectivity index (χ0v) is 12.5. The number of benzene rings is 2. The van der Waals surface area contributed by atoms with Crippen LogP contribution in [0.2, 0.25) is 5.02 Å². The number of rotatable bonds is 3. The van der Waals surface area contributed by atoms with Crippen LogP contribution in [0, 0.1) is 19.7 Å². The minimum absolute atomic E-state index is 0.123. The minimum atomic E-state index is -3.83. The van der Waals surface area contributed by atoms with E-state index in [1.165, 1.54) is 18.2 Å². The third kappa shape index (κ3) is 3.11. The summed E-state index contributed by atoms with van der Waals surface area (Å²) < 4.78 is 40.4. The van der Waals surface area contributed by atoms with Gasteiger partial charge in [-0.05, 0) is 43.7 Å². The fraction of sp³-hybridized carbons (Fsp3) is 0.143. The molecule has 0 saturated heterocycles. The quantitative estimate of drug-likeness (QED) is 0.934. The van der Waals surface area contributed by atoms with Crippen molar-refractivity contribution in [3.63, 3.8) is 0 Å². The molecular formula is C14H13ClFNO2S. The molecule has 2 aromatic carbocycles. The van der Waals surface area contributed by atoms with Crippen LogP contribution in [0.1, 0.15) is 11.1 Å². The topological polar surface area (TPSA) is 46.2 Å². The molecule has 0 aliphatic heterocycles. The number of sulfonamides is 1. The molecule has 0 spiro atoms. The van der Waals surface area contributed by atoms with Gasteiger partial charge in [0.15, 0.2) is 0 Å². The van der Waals surface area contributed by atoms with E-state index in [9.17, 15) is 12.8 Å². The van der Waals surface area contributed by atoms with E-state index >= 15 is 0 Å². The van der Waals surface area contributed by atoms with E-state index in [1.54, 1.807) is 19.1 Å². The van der Waals surface area contributed by atoms with Crippen LogP contribution in [-0.2, 0) is 10.0 Å². The Balaban J connectivity index is 2.41. The van der Waals surface area contributed by atoms with Gasteiger partial charge in [-0.25, -0.2) is 12.8 Å². The van der Waals surface area contributed by atoms with Crippen LogP contribution >= 0.6 is 11.6 Å². The first-order valence-corrected chi connectivity index (χ1v) is 7.71. The lowest BCUT2D eigenvalue weighted by atomic mass is 10.2. The van der Waals surface area contributed by atoms with Crippen LogP contribution in [0.5, 0.6) is 0 Å². The van der Waals surface area contributed by atoms with E-state index in [-0.39, 0.29) is 15.6 Å². The summed E-state index contributed by atoms with van der Waals surface area (Å²) in [6.45, 7) is 3.56. The van der Waals surface area contributed by atoms with Gasteiger partial charge >= 0.3 is 0 Å². The van der Waals surface area contributed by atoms with Crippen molar-refractivity contribution in [3.05, 3.63) is 58.4 Å². The molecule has 3 nitrogen and oxygen atoms in total. The van der Waals surface area contributed by atoms with E-state index in [2.05, 4.69) is 4.72 Å². The summed E-state index contributed by atoms with van der Waals surface area (Å²) in [5.41, 5.74) is 1.43. The summed E-state index contributed by atoms with van der Waals surface area (Å²) in [7, 11) is -3.83. The monoisotopic (exact) mass is 313 g/mol. The van der Waals surface area contributed by atoms with Crippen molar-refractivity contribution in [2.75, 3.05) is 4.72 Å². The van der Waals surface area contributed by atoms with Crippen LogP contribution in [0.15, 0.2) is 41.3 Å². The second-order valence-corrected chi connectivity index (χ2v) is 6.59. The van der Waals surface area contributed by atoms with Crippen molar-refractivity contribution in [2.45, 2.75) is 18.7 Å². The maximum absolute atomic E-state index is 13.6. The van der Waals surface area contributed by atoms with E-state index < -0.39 is 15.8 Å². The SMILES string of the molecule is Cc1ccc(S(=O)(=O)Nc2ccc(Cl)cc2F)c(C)c1. The van der Waals surface area contributed by atoms with E-state index in [4.69, 9.17) is 11.6 Å². The molecule has 2 rings (SSSR count). The van der Waals surface area contributed by atoms with Crippen molar-refractivity contribution in [2.24, 2.45) is 0 Å². The van der Waals surface area contributed by atoms with Gasteiger partial charge in [0.05, 0.1) is 10.6 Å². The second-order valence-electron chi connectivity index (χ2n) is 4.50. The molecule has 0 bridgehead atoms. The number of halogens is 2. The molecule has 6 heteroatoms. The molecule has 0 atom stereocenters. The average molecular weight is 314 g/mol. The van der Waals surface area contributed by atoms with E-state index in [0.717, 1.165) is 11.6 Å². The molecule has 0 fully saturated rings. The maximum Gasteiger partial charge on any atom is 0.262 e. The maximum atomic E-state index is 13.6. The van der Waals surface area contributed by atoms with Crippen molar-refractivity contribution in [3.8, 4) is 0 Å². The Bertz CT molecular complexity index is 760. The molecule has 0 unspecified atom stereocenters. The molecule has 0 heterocycles. The van der Waals surface area contributed by atoms with Gasteiger partial charge in [-0.1, -0.05) is 29.3 Å². The number of nitrogens with one attached hydrogen (secondary N) is 1. The fourth-order valence-electron chi connectivity index (χ4n) is 1.87. The Morgan fingerprint density at radius 3 is 2.40 bits per heavy atom. The Morgan fingerprint density at radius 1 is 1.10 bits per heavy atom. The normalized spacial score (nSPS) is 11.4. The fourth-order valence-corrected chi connectivity index (χ4v) is 3.33. The molecule has 1 N–H and O–H groups in total. The third-order valence-corrected chi connectivity index (χ3v) is 4.56. The summed E-state index contributed by atoms with van der Waals surface area (Å²) in [5, 5.41) is 0.206. The van der Waals surface area contributed by atoms with Crippen LogP contribution < -0.4 is 4.72 Å². The van der Waals surface area contributed by atoms with Gasteiger partial charge in [0, 0.05) is 5.02 Å². The van der Waals surface area contributed by atoms with Crippen LogP contribution in [0.4, 0.5) is 10.1 Å². The van der Waals surface area contributed by atoms with E-state index in [1.807, 2.05) is 6.92 Å². The lowest BCUT2D eigenvalue weighted by Gasteiger charge is -2.11. The van der Waals surface area contributed by atoms with Gasteiger partial charge in [-0.2, -0.15) is 0 Å². The van der Waals surface area contributed by atoms with Gasteiger partial charge < -0.3 is 0 Å². The van der Waals surface area contributed by atoms with Gasteiger partial charge in [0.2, 0.25) is 0 Å². The van der Waals surface area contributed by atoms with Gasteiger partial charge in [-0.3, -0.25) is 4.72 Å². The Hall–Kier alpha value is -1.59. The third-order valence-electron chi connectivity index (χ3n) is 2.80. The molecule has 0 aliphatic rings. The predicted molar refractivity (Wildman–Crippen MR) is 78.1 cm³/mol. The molecular weight excluding hydrogens is 301 g/mol. The lowest BCUT2D eigenvalue weighted by molar-refractivity contribution is 0.598. The zero-order chi connectivity index (χ0) is 14.9. The Morgan fingerprint density at radius 2 is 1.80 bits per heavy atom.